The summed E-state index contributed by atoms with van der Waals surface area (Å²) >= 11 is 1.36. The van der Waals surface area contributed by atoms with E-state index < -0.39 is 17.3 Å². The first-order valence-corrected chi connectivity index (χ1v) is 11.0. The molecular formula is C21H28N2O4S. The molecule has 7 heteroatoms. The molecule has 152 valence electrons. The lowest BCUT2D eigenvalue weighted by molar-refractivity contribution is -0.157. The van der Waals surface area contributed by atoms with Gasteiger partial charge in [0.25, 0.3) is 5.91 Å². The molecule has 1 aromatic rings. The van der Waals surface area contributed by atoms with E-state index in [1.54, 1.807) is 0 Å². The van der Waals surface area contributed by atoms with Gasteiger partial charge in [-0.05, 0) is 37.8 Å². The van der Waals surface area contributed by atoms with Gasteiger partial charge in [-0.15, -0.1) is 11.8 Å². The molecule has 0 spiro atoms. The number of nitrogens with one attached hydrogen (secondary N) is 2. The number of amides is 2. The van der Waals surface area contributed by atoms with Gasteiger partial charge in [-0.2, -0.15) is 0 Å². The van der Waals surface area contributed by atoms with Crippen molar-refractivity contribution < 1.29 is 19.1 Å². The summed E-state index contributed by atoms with van der Waals surface area (Å²) in [6.45, 7) is 2.04. The second-order valence-corrected chi connectivity index (χ2v) is 8.65. The second kappa shape index (κ2) is 9.96. The Morgan fingerprint density at radius 3 is 2.79 bits per heavy atom. The van der Waals surface area contributed by atoms with Crippen molar-refractivity contribution in [2.24, 2.45) is 0 Å². The SMILES string of the molecule is CCCC[C@@H](OC(=O)C[C@H]1Sc2ccccc2NC1=O)C(=O)NC1CCCC1. The maximum Gasteiger partial charge on any atom is 0.308 e. The van der Waals surface area contributed by atoms with Crippen molar-refractivity contribution in [2.45, 2.75) is 80.6 Å². The lowest BCUT2D eigenvalue weighted by Crippen LogP contribution is -2.42. The Hall–Kier alpha value is -2.02. The third kappa shape index (κ3) is 5.50. The molecule has 2 aliphatic rings. The van der Waals surface area contributed by atoms with E-state index in [4.69, 9.17) is 4.74 Å². The van der Waals surface area contributed by atoms with Gasteiger partial charge >= 0.3 is 5.97 Å². The van der Waals surface area contributed by atoms with E-state index in [0.29, 0.717) is 6.42 Å². The van der Waals surface area contributed by atoms with Crippen molar-refractivity contribution in [3.05, 3.63) is 24.3 Å². The third-order valence-electron chi connectivity index (χ3n) is 5.15. The van der Waals surface area contributed by atoms with Gasteiger partial charge in [0, 0.05) is 10.9 Å². The summed E-state index contributed by atoms with van der Waals surface area (Å²) in [5, 5.41) is 5.30. The number of ether oxygens (including phenoxy) is 1. The molecule has 2 N–H and O–H groups in total. The Bertz CT molecular complexity index is 718. The van der Waals surface area contributed by atoms with Crippen LogP contribution in [0.5, 0.6) is 0 Å². The van der Waals surface area contributed by atoms with Crippen LogP contribution in [-0.4, -0.2) is 35.2 Å². The Labute approximate surface area is 170 Å². The number of esters is 1. The van der Waals surface area contributed by atoms with Gasteiger partial charge in [0.2, 0.25) is 5.91 Å². The van der Waals surface area contributed by atoms with Crippen molar-refractivity contribution in [1.82, 2.24) is 5.32 Å². The van der Waals surface area contributed by atoms with Crippen LogP contribution in [0.4, 0.5) is 5.69 Å². The molecule has 2 atom stereocenters. The normalized spacial score (nSPS) is 20.2. The highest BCUT2D eigenvalue weighted by Crippen LogP contribution is 2.36. The Kier molecular flexibility index (Phi) is 7.36. The van der Waals surface area contributed by atoms with E-state index in [1.165, 1.54) is 11.8 Å². The topological polar surface area (TPSA) is 84.5 Å². The highest BCUT2D eigenvalue weighted by molar-refractivity contribution is 8.01. The zero-order valence-corrected chi connectivity index (χ0v) is 17.1. The van der Waals surface area contributed by atoms with E-state index in [0.717, 1.165) is 49.1 Å². The van der Waals surface area contributed by atoms with Crippen molar-refractivity contribution in [1.29, 1.82) is 0 Å². The molecule has 6 nitrogen and oxygen atoms in total. The number of para-hydroxylation sites is 1. The number of fused-ring (bicyclic) bond motifs is 1. The predicted molar refractivity (Wildman–Crippen MR) is 109 cm³/mol. The molecule has 1 heterocycles. The maximum absolute atomic E-state index is 12.6. The molecule has 0 saturated heterocycles. The molecule has 0 aromatic heterocycles. The fourth-order valence-corrected chi connectivity index (χ4v) is 4.68. The number of thioether (sulfide) groups is 1. The van der Waals surface area contributed by atoms with E-state index in [2.05, 4.69) is 10.6 Å². The van der Waals surface area contributed by atoms with Crippen LogP contribution in [-0.2, 0) is 19.1 Å². The van der Waals surface area contributed by atoms with E-state index in [-0.39, 0.29) is 24.3 Å². The summed E-state index contributed by atoms with van der Waals surface area (Å²) in [6.07, 6.45) is 5.62. The number of carbonyl (C=O) groups excluding carboxylic acids is 3. The summed E-state index contributed by atoms with van der Waals surface area (Å²) in [7, 11) is 0. The summed E-state index contributed by atoms with van der Waals surface area (Å²) in [4.78, 5) is 38.3. The van der Waals surface area contributed by atoms with Crippen LogP contribution in [0.25, 0.3) is 0 Å². The number of rotatable bonds is 8. The molecule has 28 heavy (non-hydrogen) atoms. The summed E-state index contributed by atoms with van der Waals surface area (Å²) in [5.74, 6) is -0.921. The Balaban J connectivity index is 1.56. The molecule has 3 rings (SSSR count). The molecule has 1 fully saturated rings. The number of hydrogen-bond donors (Lipinski definition) is 2. The zero-order chi connectivity index (χ0) is 19.9. The van der Waals surface area contributed by atoms with Crippen LogP contribution in [0.1, 0.15) is 58.3 Å². The second-order valence-electron chi connectivity index (χ2n) is 7.41. The van der Waals surface area contributed by atoms with Crippen LogP contribution in [0, 0.1) is 0 Å². The lowest BCUT2D eigenvalue weighted by Gasteiger charge is -2.24. The minimum Gasteiger partial charge on any atom is -0.452 e. The van der Waals surface area contributed by atoms with Gasteiger partial charge in [0.05, 0.1) is 17.4 Å². The Morgan fingerprint density at radius 2 is 2.04 bits per heavy atom. The largest absolute Gasteiger partial charge is 0.452 e. The van der Waals surface area contributed by atoms with Gasteiger partial charge in [-0.25, -0.2) is 0 Å². The van der Waals surface area contributed by atoms with Crippen molar-refractivity contribution in [3.8, 4) is 0 Å². The molecule has 0 bridgehead atoms. The first kappa shape index (κ1) is 20.7. The fourth-order valence-electron chi connectivity index (χ4n) is 3.58. The fraction of sp³-hybridized carbons (Fsp3) is 0.571. The number of benzene rings is 1. The average molecular weight is 405 g/mol. The molecule has 1 aromatic carbocycles. The maximum atomic E-state index is 12.6. The monoisotopic (exact) mass is 404 g/mol. The summed E-state index contributed by atoms with van der Waals surface area (Å²) in [6, 6.07) is 7.69. The van der Waals surface area contributed by atoms with Crippen LogP contribution < -0.4 is 10.6 Å². The van der Waals surface area contributed by atoms with Crippen molar-refractivity contribution in [3.63, 3.8) is 0 Å². The quantitative estimate of drug-likeness (QED) is 0.646. The highest BCUT2D eigenvalue weighted by atomic mass is 32.2. The first-order valence-electron chi connectivity index (χ1n) is 10.1. The van der Waals surface area contributed by atoms with Gasteiger partial charge in [0.15, 0.2) is 6.10 Å². The van der Waals surface area contributed by atoms with Crippen LogP contribution in [0.15, 0.2) is 29.2 Å². The van der Waals surface area contributed by atoms with Gasteiger partial charge in [0.1, 0.15) is 0 Å². The molecule has 1 aliphatic carbocycles. The van der Waals surface area contributed by atoms with E-state index >= 15 is 0 Å². The summed E-state index contributed by atoms with van der Waals surface area (Å²) < 4.78 is 5.52. The van der Waals surface area contributed by atoms with Crippen LogP contribution >= 0.6 is 11.8 Å². The number of unbranched alkanes of at least 4 members (excludes halogenated alkanes) is 1. The first-order chi connectivity index (χ1) is 13.6. The summed E-state index contributed by atoms with van der Waals surface area (Å²) in [5.41, 5.74) is 0.763. The van der Waals surface area contributed by atoms with E-state index in [1.807, 2.05) is 31.2 Å². The van der Waals surface area contributed by atoms with Gasteiger partial charge in [-0.1, -0.05) is 38.3 Å². The zero-order valence-electron chi connectivity index (χ0n) is 16.2. The van der Waals surface area contributed by atoms with Crippen molar-refractivity contribution >= 4 is 35.2 Å². The lowest BCUT2D eigenvalue weighted by atomic mass is 10.1. The smallest absolute Gasteiger partial charge is 0.308 e. The highest BCUT2D eigenvalue weighted by Gasteiger charge is 2.32. The number of hydrogen-bond acceptors (Lipinski definition) is 5. The minimum atomic E-state index is -0.781. The van der Waals surface area contributed by atoms with Gasteiger partial charge < -0.3 is 15.4 Å². The third-order valence-corrected chi connectivity index (χ3v) is 6.42. The molecular weight excluding hydrogens is 376 g/mol. The molecule has 1 saturated carbocycles. The molecule has 0 unspecified atom stereocenters. The molecule has 2 amide bonds. The number of anilines is 1. The van der Waals surface area contributed by atoms with Crippen LogP contribution in [0.3, 0.4) is 0 Å². The van der Waals surface area contributed by atoms with Gasteiger partial charge in [-0.3, -0.25) is 14.4 Å². The average Bonchev–Trinajstić information content (AvgIpc) is 3.18. The minimum absolute atomic E-state index is 0.0514. The molecule has 1 aliphatic heterocycles. The molecule has 0 radical (unpaired) electrons. The number of carbonyl (C=O) groups is 3. The van der Waals surface area contributed by atoms with E-state index in [9.17, 15) is 14.4 Å². The van der Waals surface area contributed by atoms with Crippen LogP contribution in [0.2, 0.25) is 0 Å². The van der Waals surface area contributed by atoms with Crippen molar-refractivity contribution in [2.75, 3.05) is 5.32 Å². The Morgan fingerprint density at radius 1 is 1.29 bits per heavy atom. The standard InChI is InChI=1S/C21H28N2O4S/c1-2-3-11-16(20(25)22-14-8-4-5-9-14)27-19(24)13-18-21(26)23-15-10-6-7-12-17(15)28-18/h6-7,10,12,14,16,18H,2-5,8-9,11,13H2,1H3,(H,22,25)(H,23,26)/t16-,18-/m1/s1. The predicted octanol–water partition coefficient (Wildman–Crippen LogP) is 3.65.